The molecule has 0 heterocycles. The topological polar surface area (TPSA) is 28.1 Å². The summed E-state index contributed by atoms with van der Waals surface area (Å²) in [5, 5.41) is 8.64. The molecule has 0 saturated heterocycles. The first-order valence-corrected chi connectivity index (χ1v) is 3.16. The van der Waals surface area contributed by atoms with E-state index >= 15 is 0 Å². The fourth-order valence-electron chi connectivity index (χ4n) is 0.891. The molecule has 0 unspecified atom stereocenters. The van der Waals surface area contributed by atoms with Gasteiger partial charge in [0.1, 0.15) is 0 Å². The van der Waals surface area contributed by atoms with E-state index in [-0.39, 0.29) is 0 Å². The molecule has 0 aliphatic rings. The van der Waals surface area contributed by atoms with Gasteiger partial charge in [0.25, 0.3) is 0 Å². The molecule has 0 N–H and O–H groups in total. The van der Waals surface area contributed by atoms with E-state index in [0.717, 1.165) is 5.56 Å². The normalized spacial score (nSPS) is 8.27. The van der Waals surface area contributed by atoms with E-state index in [9.17, 15) is 0 Å². The fourth-order valence-corrected chi connectivity index (χ4v) is 0.891. The monoisotopic (exact) mass is 142 g/mol. The minimum absolute atomic E-state index is 0.438. The molecule has 0 radical (unpaired) electrons. The van der Waals surface area contributed by atoms with E-state index in [4.69, 9.17) is 11.8 Å². The predicted octanol–water partition coefficient (Wildman–Crippen LogP) is 2.42. The summed E-state index contributed by atoms with van der Waals surface area (Å²) in [5.41, 5.74) is 1.79. The van der Waals surface area contributed by atoms with Gasteiger partial charge in [-0.15, -0.1) is 0 Å². The van der Waals surface area contributed by atoms with E-state index in [2.05, 4.69) is 4.85 Å². The van der Waals surface area contributed by atoms with Gasteiger partial charge in [0.2, 0.25) is 5.69 Å². The van der Waals surface area contributed by atoms with Crippen LogP contribution >= 0.6 is 0 Å². The summed E-state index contributed by atoms with van der Waals surface area (Å²) in [6, 6.07) is 7.26. The van der Waals surface area contributed by atoms with Crippen molar-refractivity contribution < 1.29 is 0 Å². The van der Waals surface area contributed by atoms with Gasteiger partial charge in [0.05, 0.1) is 18.2 Å². The minimum atomic E-state index is 0.438. The molecular formula is C9H6N2. The lowest BCUT2D eigenvalue weighted by Gasteiger charge is -1.96. The van der Waals surface area contributed by atoms with Crippen molar-refractivity contribution in [3.63, 3.8) is 0 Å². The zero-order valence-corrected chi connectivity index (χ0v) is 6.13. The average molecular weight is 142 g/mol. The molecular weight excluding hydrogens is 136 g/mol. The Labute approximate surface area is 65.5 Å². The first kappa shape index (κ1) is 7.31. The zero-order chi connectivity index (χ0) is 8.27. The molecule has 0 atom stereocenters. The molecule has 0 aliphatic carbocycles. The highest BCUT2D eigenvalue weighted by molar-refractivity contribution is 5.61. The number of nitrogens with zero attached hydrogens (tertiary/aromatic N) is 2. The Bertz CT molecular complexity index is 353. The lowest BCUT2D eigenvalue weighted by molar-refractivity contribution is 1.40. The molecule has 1 aromatic rings. The van der Waals surface area contributed by atoms with Crippen molar-refractivity contribution in [3.05, 3.63) is 40.7 Å². The van der Waals surface area contributed by atoms with E-state index in [0.29, 0.717) is 11.3 Å². The second kappa shape index (κ2) is 2.86. The zero-order valence-electron chi connectivity index (χ0n) is 6.13. The third kappa shape index (κ3) is 1.20. The Hall–Kier alpha value is -1.80. The smallest absolute Gasteiger partial charge is 0.204 e. The van der Waals surface area contributed by atoms with Crippen LogP contribution in [0.3, 0.4) is 0 Å². The third-order valence-corrected chi connectivity index (χ3v) is 1.48. The Morgan fingerprint density at radius 3 is 2.73 bits per heavy atom. The van der Waals surface area contributed by atoms with Gasteiger partial charge in [0.15, 0.2) is 0 Å². The summed E-state index contributed by atoms with van der Waals surface area (Å²) < 4.78 is 0. The van der Waals surface area contributed by atoms with Gasteiger partial charge >= 0.3 is 0 Å². The van der Waals surface area contributed by atoms with E-state index in [1.807, 2.05) is 19.1 Å². The fraction of sp³-hybridized carbons (Fsp3) is 0.111. The summed E-state index contributed by atoms with van der Waals surface area (Å²) in [7, 11) is 0. The minimum Gasteiger partial charge on any atom is -0.237 e. The number of hydrogen-bond donors (Lipinski definition) is 0. The van der Waals surface area contributed by atoms with E-state index < -0.39 is 0 Å². The maximum Gasteiger partial charge on any atom is 0.204 e. The Kier molecular flexibility index (Phi) is 1.90. The third-order valence-electron chi connectivity index (χ3n) is 1.48. The van der Waals surface area contributed by atoms with Crippen molar-refractivity contribution in [1.29, 1.82) is 5.26 Å². The molecule has 52 valence electrons. The highest BCUT2D eigenvalue weighted by Gasteiger charge is 2.01. The van der Waals surface area contributed by atoms with Gasteiger partial charge in [-0.3, -0.25) is 0 Å². The number of rotatable bonds is 0. The van der Waals surface area contributed by atoms with Crippen molar-refractivity contribution >= 4 is 5.69 Å². The average Bonchev–Trinajstić information content (AvgIpc) is 2.04. The summed E-state index contributed by atoms with van der Waals surface area (Å²) >= 11 is 0. The standard InChI is InChI=1S/C9H6N2/c1-7-4-3-5-9(11-2)8(7)6-10/h3-5H,1H3. The molecule has 2 heteroatoms. The highest BCUT2D eigenvalue weighted by Crippen LogP contribution is 2.20. The van der Waals surface area contributed by atoms with Crippen molar-refractivity contribution in [1.82, 2.24) is 0 Å². The molecule has 1 rings (SSSR count). The Morgan fingerprint density at radius 1 is 1.55 bits per heavy atom. The molecule has 0 aliphatic heterocycles. The van der Waals surface area contributed by atoms with Gasteiger partial charge < -0.3 is 0 Å². The van der Waals surface area contributed by atoms with Crippen LogP contribution < -0.4 is 0 Å². The lowest BCUT2D eigenvalue weighted by atomic mass is 10.1. The molecule has 11 heavy (non-hydrogen) atoms. The van der Waals surface area contributed by atoms with Gasteiger partial charge in [-0.2, -0.15) is 5.26 Å². The predicted molar refractivity (Wildman–Crippen MR) is 42.2 cm³/mol. The maximum absolute atomic E-state index is 8.64. The van der Waals surface area contributed by atoms with Crippen molar-refractivity contribution in [2.45, 2.75) is 6.92 Å². The second-order valence-corrected chi connectivity index (χ2v) is 2.19. The summed E-state index contributed by atoms with van der Waals surface area (Å²) in [5.74, 6) is 0. The first-order valence-electron chi connectivity index (χ1n) is 3.16. The molecule has 0 amide bonds. The summed E-state index contributed by atoms with van der Waals surface area (Å²) in [4.78, 5) is 3.23. The largest absolute Gasteiger partial charge is 0.237 e. The van der Waals surface area contributed by atoms with Crippen molar-refractivity contribution in [2.24, 2.45) is 0 Å². The van der Waals surface area contributed by atoms with Gasteiger partial charge in [-0.1, -0.05) is 18.2 Å². The molecule has 1 aromatic carbocycles. The number of hydrogen-bond acceptors (Lipinski definition) is 1. The van der Waals surface area contributed by atoms with Crippen LogP contribution in [0.5, 0.6) is 0 Å². The second-order valence-electron chi connectivity index (χ2n) is 2.19. The summed E-state index contributed by atoms with van der Waals surface area (Å²) in [6.07, 6.45) is 0. The van der Waals surface area contributed by atoms with E-state index in [1.165, 1.54) is 0 Å². The van der Waals surface area contributed by atoms with Crippen LogP contribution in [-0.2, 0) is 0 Å². The van der Waals surface area contributed by atoms with Crippen LogP contribution in [0, 0.1) is 24.8 Å². The molecule has 0 bridgehead atoms. The molecule has 0 saturated carbocycles. The lowest BCUT2D eigenvalue weighted by Crippen LogP contribution is -1.79. The van der Waals surface area contributed by atoms with Crippen LogP contribution in [0.2, 0.25) is 0 Å². The number of aryl methyl sites for hydroxylation is 1. The molecule has 0 fully saturated rings. The van der Waals surface area contributed by atoms with Crippen LogP contribution in [0.1, 0.15) is 11.1 Å². The number of benzene rings is 1. The van der Waals surface area contributed by atoms with E-state index in [1.54, 1.807) is 12.1 Å². The molecule has 2 nitrogen and oxygen atoms in total. The van der Waals surface area contributed by atoms with Gasteiger partial charge in [-0.05, 0) is 12.5 Å². The highest BCUT2D eigenvalue weighted by atomic mass is 14.6. The Balaban J connectivity index is 3.42. The van der Waals surface area contributed by atoms with Crippen LogP contribution in [0.15, 0.2) is 18.2 Å². The van der Waals surface area contributed by atoms with Crippen LogP contribution in [-0.4, -0.2) is 0 Å². The number of nitriles is 1. The van der Waals surface area contributed by atoms with Crippen molar-refractivity contribution in [2.75, 3.05) is 0 Å². The molecule has 0 aromatic heterocycles. The summed E-state index contributed by atoms with van der Waals surface area (Å²) in [6.45, 7) is 8.59. The van der Waals surface area contributed by atoms with Crippen LogP contribution in [0.25, 0.3) is 4.85 Å². The van der Waals surface area contributed by atoms with Crippen LogP contribution in [0.4, 0.5) is 5.69 Å². The van der Waals surface area contributed by atoms with Crippen molar-refractivity contribution in [3.8, 4) is 6.07 Å². The SMILES string of the molecule is [C-]#[N+]c1cccc(C)c1C#N. The van der Waals surface area contributed by atoms with Gasteiger partial charge in [0, 0.05) is 0 Å². The maximum atomic E-state index is 8.64. The van der Waals surface area contributed by atoms with Gasteiger partial charge in [-0.25, -0.2) is 4.85 Å². The quantitative estimate of drug-likeness (QED) is 0.511. The Morgan fingerprint density at radius 2 is 2.27 bits per heavy atom. The first-order chi connectivity index (χ1) is 5.29. The molecule has 0 spiro atoms.